The van der Waals surface area contributed by atoms with Gasteiger partial charge in [-0.25, -0.2) is 9.59 Å². The van der Waals surface area contributed by atoms with E-state index in [4.69, 9.17) is 18.6 Å². The molecule has 7 nitrogen and oxygen atoms in total. The van der Waals surface area contributed by atoms with Crippen molar-refractivity contribution in [3.63, 3.8) is 0 Å². The number of hydrogen-bond donors (Lipinski definition) is 1. The van der Waals surface area contributed by atoms with E-state index < -0.39 is 17.7 Å². The van der Waals surface area contributed by atoms with Gasteiger partial charge in [0.1, 0.15) is 18.1 Å². The summed E-state index contributed by atoms with van der Waals surface area (Å²) in [6, 6.07) is 10.6. The van der Waals surface area contributed by atoms with E-state index in [9.17, 15) is 9.59 Å². The number of rotatable bonds is 5. The van der Waals surface area contributed by atoms with Crippen molar-refractivity contribution in [1.82, 2.24) is 0 Å². The number of hydrogen-bond acceptors (Lipinski definition) is 7. The van der Waals surface area contributed by atoms with Crippen LogP contribution in [0.1, 0.15) is 19.6 Å². The van der Waals surface area contributed by atoms with Gasteiger partial charge in [-0.2, -0.15) is 0 Å². The molecule has 3 rings (SSSR count). The van der Waals surface area contributed by atoms with Gasteiger partial charge in [-0.3, -0.25) is 0 Å². The Morgan fingerprint density at radius 3 is 2.36 bits per heavy atom. The zero-order chi connectivity index (χ0) is 17.9. The summed E-state index contributed by atoms with van der Waals surface area (Å²) in [5, 5.41) is 2.86. The first-order valence-electron chi connectivity index (χ1n) is 7.61. The summed E-state index contributed by atoms with van der Waals surface area (Å²) in [5.41, 5.74) is 0.473. The molecule has 1 fully saturated rings. The number of cyclic esters (lactones) is 2. The minimum Gasteiger partial charge on any atom is -0.486 e. The second-order valence-electron chi connectivity index (χ2n) is 5.77. The third kappa shape index (κ3) is 4.20. The predicted molar refractivity (Wildman–Crippen MR) is 87.5 cm³/mol. The van der Waals surface area contributed by atoms with Crippen LogP contribution in [0.25, 0.3) is 0 Å². The van der Waals surface area contributed by atoms with Crippen LogP contribution in [0, 0.1) is 0 Å². The van der Waals surface area contributed by atoms with Crippen LogP contribution in [0.5, 0.6) is 5.75 Å². The molecule has 2 aromatic rings. The molecule has 0 spiro atoms. The predicted octanol–water partition coefficient (Wildman–Crippen LogP) is 2.99. The van der Waals surface area contributed by atoms with E-state index in [1.807, 2.05) is 6.07 Å². The van der Waals surface area contributed by atoms with Crippen molar-refractivity contribution in [2.24, 2.45) is 0 Å². The number of benzene rings is 1. The molecular weight excluding hydrogens is 326 g/mol. The van der Waals surface area contributed by atoms with Gasteiger partial charge >= 0.3 is 11.9 Å². The fraction of sp³-hybridized carbons (Fsp3) is 0.222. The van der Waals surface area contributed by atoms with Crippen LogP contribution in [-0.4, -0.2) is 17.7 Å². The van der Waals surface area contributed by atoms with Gasteiger partial charge in [0.05, 0.1) is 6.26 Å². The third-order valence-electron chi connectivity index (χ3n) is 3.32. The zero-order valence-electron chi connectivity index (χ0n) is 13.8. The molecular formula is C18H17NO6. The molecule has 0 unspecified atom stereocenters. The zero-order valence-corrected chi connectivity index (χ0v) is 13.8. The number of ether oxygens (including phenoxy) is 3. The summed E-state index contributed by atoms with van der Waals surface area (Å²) >= 11 is 0. The number of carbonyl (C=O) groups is 2. The van der Waals surface area contributed by atoms with Gasteiger partial charge in [0.15, 0.2) is 5.57 Å². The highest BCUT2D eigenvalue weighted by atomic mass is 16.7. The quantitative estimate of drug-likeness (QED) is 0.507. The van der Waals surface area contributed by atoms with Crippen LogP contribution >= 0.6 is 0 Å². The summed E-state index contributed by atoms with van der Waals surface area (Å²) in [6.07, 6.45) is 2.85. The van der Waals surface area contributed by atoms with Crippen LogP contribution in [0.3, 0.4) is 0 Å². The van der Waals surface area contributed by atoms with E-state index in [2.05, 4.69) is 5.32 Å². The molecule has 1 aromatic heterocycles. The molecule has 1 N–H and O–H groups in total. The summed E-state index contributed by atoms with van der Waals surface area (Å²) < 4.78 is 20.8. The Hall–Kier alpha value is -3.22. The Kier molecular flexibility index (Phi) is 4.47. The smallest absolute Gasteiger partial charge is 0.350 e. The number of nitrogens with one attached hydrogen (secondary N) is 1. The molecule has 2 heterocycles. The molecule has 1 aliphatic rings. The van der Waals surface area contributed by atoms with Crippen molar-refractivity contribution >= 4 is 17.6 Å². The average Bonchev–Trinajstić information content (AvgIpc) is 3.05. The van der Waals surface area contributed by atoms with Crippen molar-refractivity contribution < 1.29 is 28.2 Å². The van der Waals surface area contributed by atoms with Gasteiger partial charge in [-0.1, -0.05) is 0 Å². The fourth-order valence-corrected chi connectivity index (χ4v) is 2.13. The standard InChI is InChI=1S/C18H17NO6/c1-18(2)24-16(20)15(17(21)25-18)10-19-12-5-7-13(8-6-12)23-11-14-4-3-9-22-14/h3-10,19H,11H2,1-2H3. The van der Waals surface area contributed by atoms with Gasteiger partial charge in [0.2, 0.25) is 0 Å². The molecule has 1 saturated heterocycles. The molecule has 25 heavy (non-hydrogen) atoms. The number of anilines is 1. The first-order valence-corrected chi connectivity index (χ1v) is 7.61. The first kappa shape index (κ1) is 16.6. The van der Waals surface area contributed by atoms with Gasteiger partial charge in [-0.15, -0.1) is 0 Å². The summed E-state index contributed by atoms with van der Waals surface area (Å²) in [5.74, 6) is -1.32. The SMILES string of the molecule is CC1(C)OC(=O)C(=CNc2ccc(OCc3ccco3)cc2)C(=O)O1. The monoisotopic (exact) mass is 343 g/mol. The Balaban J connectivity index is 1.59. The summed E-state index contributed by atoms with van der Waals surface area (Å²) in [7, 11) is 0. The molecule has 0 atom stereocenters. The van der Waals surface area contributed by atoms with Gasteiger partial charge in [0.25, 0.3) is 5.79 Å². The Morgan fingerprint density at radius 2 is 1.76 bits per heavy atom. The van der Waals surface area contributed by atoms with Gasteiger partial charge in [0, 0.05) is 25.7 Å². The number of carbonyl (C=O) groups excluding carboxylic acids is 2. The second kappa shape index (κ2) is 6.72. The first-order chi connectivity index (χ1) is 11.9. The lowest BCUT2D eigenvalue weighted by atomic mass is 10.2. The Morgan fingerprint density at radius 1 is 1.08 bits per heavy atom. The van der Waals surface area contributed by atoms with E-state index in [1.165, 1.54) is 20.0 Å². The fourth-order valence-electron chi connectivity index (χ4n) is 2.13. The van der Waals surface area contributed by atoms with Crippen molar-refractivity contribution in [1.29, 1.82) is 0 Å². The maximum absolute atomic E-state index is 11.8. The van der Waals surface area contributed by atoms with E-state index in [0.29, 0.717) is 18.0 Å². The lowest BCUT2D eigenvalue weighted by Crippen LogP contribution is -2.42. The molecule has 1 aromatic carbocycles. The highest BCUT2D eigenvalue weighted by Gasteiger charge is 2.38. The lowest BCUT2D eigenvalue weighted by molar-refractivity contribution is -0.222. The minimum absolute atomic E-state index is 0.197. The molecule has 0 aliphatic carbocycles. The van der Waals surface area contributed by atoms with Crippen LogP contribution in [0.4, 0.5) is 5.69 Å². The topological polar surface area (TPSA) is 87.0 Å². The summed E-state index contributed by atoms with van der Waals surface area (Å²) in [4.78, 5) is 23.7. The maximum atomic E-state index is 11.8. The lowest BCUT2D eigenvalue weighted by Gasteiger charge is -2.29. The van der Waals surface area contributed by atoms with Crippen LogP contribution in [0.15, 0.2) is 58.9 Å². The van der Waals surface area contributed by atoms with Crippen molar-refractivity contribution in [3.8, 4) is 5.75 Å². The highest BCUT2D eigenvalue weighted by Crippen LogP contribution is 2.23. The third-order valence-corrected chi connectivity index (χ3v) is 3.32. The molecule has 1 aliphatic heterocycles. The van der Waals surface area contributed by atoms with Crippen LogP contribution in [-0.2, 0) is 25.7 Å². The summed E-state index contributed by atoms with van der Waals surface area (Å²) in [6.45, 7) is 3.32. The van der Waals surface area contributed by atoms with Gasteiger partial charge in [-0.05, 0) is 36.4 Å². The maximum Gasteiger partial charge on any atom is 0.350 e. The molecule has 0 amide bonds. The molecule has 0 saturated carbocycles. The Labute approximate surface area is 144 Å². The molecule has 0 radical (unpaired) electrons. The molecule has 7 heteroatoms. The van der Waals surface area contributed by atoms with Crippen LogP contribution < -0.4 is 10.1 Å². The van der Waals surface area contributed by atoms with E-state index in [1.54, 1.807) is 36.6 Å². The minimum atomic E-state index is -1.25. The van der Waals surface area contributed by atoms with Gasteiger partial charge < -0.3 is 23.9 Å². The van der Waals surface area contributed by atoms with Crippen LogP contribution in [0.2, 0.25) is 0 Å². The Bertz CT molecular complexity index is 767. The second-order valence-corrected chi connectivity index (χ2v) is 5.77. The largest absolute Gasteiger partial charge is 0.486 e. The van der Waals surface area contributed by atoms with E-state index >= 15 is 0 Å². The number of esters is 2. The van der Waals surface area contributed by atoms with Crippen molar-refractivity contribution in [2.75, 3.05) is 5.32 Å². The number of furan rings is 1. The van der Waals surface area contributed by atoms with Crippen molar-refractivity contribution in [3.05, 3.63) is 60.2 Å². The van der Waals surface area contributed by atoms with Crippen molar-refractivity contribution in [2.45, 2.75) is 26.2 Å². The normalized spacial score (nSPS) is 16.0. The van der Waals surface area contributed by atoms with E-state index in [0.717, 1.165) is 5.76 Å². The van der Waals surface area contributed by atoms with E-state index in [-0.39, 0.29) is 5.57 Å². The average molecular weight is 343 g/mol. The molecule has 0 bridgehead atoms. The highest BCUT2D eigenvalue weighted by molar-refractivity contribution is 6.15. The molecule has 130 valence electrons.